The minimum absolute atomic E-state index is 0.0174. The van der Waals surface area contributed by atoms with Gasteiger partial charge in [-0.3, -0.25) is 4.79 Å². The molecule has 5 rings (SSSR count). The van der Waals surface area contributed by atoms with Crippen LogP contribution in [-0.4, -0.2) is 24.7 Å². The summed E-state index contributed by atoms with van der Waals surface area (Å²) < 4.78 is 3.65. The smallest absolute Gasteiger partial charge is 0.251 e. The van der Waals surface area contributed by atoms with Crippen molar-refractivity contribution in [1.82, 2.24) is 19.6 Å². The molecule has 1 N–H and O–H groups in total. The van der Waals surface area contributed by atoms with E-state index in [0.29, 0.717) is 12.2 Å². The summed E-state index contributed by atoms with van der Waals surface area (Å²) in [4.78, 5) is 12.7. The number of aliphatic hydroxyl groups is 1. The third-order valence-electron chi connectivity index (χ3n) is 5.41. The molecule has 0 fully saturated rings. The third kappa shape index (κ3) is 2.82. The first kappa shape index (κ1) is 16.9. The van der Waals surface area contributed by atoms with E-state index < -0.39 is 0 Å². The Labute approximate surface area is 161 Å². The summed E-state index contributed by atoms with van der Waals surface area (Å²) in [6.07, 6.45) is 3.88. The quantitative estimate of drug-likeness (QED) is 0.598. The molecule has 0 atom stereocenters. The van der Waals surface area contributed by atoms with Crippen LogP contribution in [0, 0.1) is 0 Å². The lowest BCUT2D eigenvalue weighted by molar-refractivity contribution is 0.282. The van der Waals surface area contributed by atoms with Crippen LogP contribution in [0.3, 0.4) is 0 Å². The van der Waals surface area contributed by atoms with E-state index in [1.165, 1.54) is 5.56 Å². The molecule has 0 spiro atoms. The zero-order valence-electron chi connectivity index (χ0n) is 15.4. The van der Waals surface area contributed by atoms with Crippen LogP contribution in [0.5, 0.6) is 0 Å². The Hall–Kier alpha value is -3.25. The molecule has 0 radical (unpaired) electrons. The maximum Gasteiger partial charge on any atom is 0.251 e. The maximum atomic E-state index is 12.7. The number of nitrogens with zero attached hydrogens (tertiary/aromatic N) is 4. The number of aryl methyl sites for hydroxylation is 2. The number of aromatic nitrogens is 4. The number of rotatable bonds is 4. The Kier molecular flexibility index (Phi) is 4.06. The standard InChI is InChI=1S/C22H20N4O2/c27-14-16-8-6-15(7-9-16)12-25-13-20(23-24-25)19-11-21(28)26-10-2-4-17-3-1-5-18(19)22(17)26/h1,3,5-9,11,13,27H,2,4,10,12,14H2. The van der Waals surface area contributed by atoms with Crippen LogP contribution in [0.1, 0.15) is 23.1 Å². The lowest BCUT2D eigenvalue weighted by atomic mass is 9.97. The van der Waals surface area contributed by atoms with Gasteiger partial charge >= 0.3 is 0 Å². The van der Waals surface area contributed by atoms with Gasteiger partial charge in [-0.25, -0.2) is 4.68 Å². The first-order chi connectivity index (χ1) is 13.7. The van der Waals surface area contributed by atoms with Crippen LogP contribution in [0.2, 0.25) is 0 Å². The van der Waals surface area contributed by atoms with Crippen molar-refractivity contribution < 1.29 is 5.11 Å². The number of aliphatic hydroxyl groups excluding tert-OH is 1. The van der Waals surface area contributed by atoms with Gasteiger partial charge in [0.25, 0.3) is 5.56 Å². The summed E-state index contributed by atoms with van der Waals surface area (Å²) in [7, 11) is 0. The Balaban J connectivity index is 1.55. The Bertz CT molecular complexity index is 1220. The summed E-state index contributed by atoms with van der Waals surface area (Å²) in [5, 5.41) is 18.8. The van der Waals surface area contributed by atoms with Gasteiger partial charge in [-0.15, -0.1) is 5.10 Å². The molecule has 0 saturated carbocycles. The summed E-state index contributed by atoms with van der Waals surface area (Å²) in [5.41, 5.74) is 5.77. The van der Waals surface area contributed by atoms with Gasteiger partial charge in [0.15, 0.2) is 0 Å². The van der Waals surface area contributed by atoms with Crippen molar-refractivity contribution in [3.8, 4) is 11.3 Å². The van der Waals surface area contributed by atoms with Gasteiger partial charge in [-0.05, 0) is 29.5 Å². The van der Waals surface area contributed by atoms with Crippen LogP contribution in [0.4, 0.5) is 0 Å². The van der Waals surface area contributed by atoms with Gasteiger partial charge in [0.2, 0.25) is 0 Å². The predicted molar refractivity (Wildman–Crippen MR) is 107 cm³/mol. The molecule has 0 unspecified atom stereocenters. The molecule has 140 valence electrons. The monoisotopic (exact) mass is 372 g/mol. The van der Waals surface area contributed by atoms with Gasteiger partial charge < -0.3 is 9.67 Å². The van der Waals surface area contributed by atoms with E-state index in [0.717, 1.165) is 47.0 Å². The van der Waals surface area contributed by atoms with E-state index in [1.54, 1.807) is 10.7 Å². The first-order valence-electron chi connectivity index (χ1n) is 9.47. The molecule has 0 bridgehead atoms. The number of pyridine rings is 1. The summed E-state index contributed by atoms with van der Waals surface area (Å²) in [5.74, 6) is 0. The number of para-hydroxylation sites is 1. The topological polar surface area (TPSA) is 72.9 Å². The van der Waals surface area contributed by atoms with Gasteiger partial charge in [0, 0.05) is 23.6 Å². The highest BCUT2D eigenvalue weighted by Gasteiger charge is 2.18. The highest BCUT2D eigenvalue weighted by Crippen LogP contribution is 2.30. The molecule has 2 aromatic heterocycles. The molecule has 1 aliphatic rings. The fourth-order valence-electron chi connectivity index (χ4n) is 4.02. The van der Waals surface area contributed by atoms with Gasteiger partial charge in [0.05, 0.1) is 24.9 Å². The molecule has 6 nitrogen and oxygen atoms in total. The van der Waals surface area contributed by atoms with E-state index in [9.17, 15) is 4.79 Å². The van der Waals surface area contributed by atoms with Crippen molar-refractivity contribution in [3.05, 3.63) is 81.8 Å². The van der Waals surface area contributed by atoms with Crippen molar-refractivity contribution in [3.63, 3.8) is 0 Å². The van der Waals surface area contributed by atoms with E-state index in [4.69, 9.17) is 5.11 Å². The molecule has 2 aromatic carbocycles. The van der Waals surface area contributed by atoms with Crippen molar-refractivity contribution >= 4 is 10.9 Å². The van der Waals surface area contributed by atoms with Crippen LogP contribution in [0.25, 0.3) is 22.2 Å². The minimum Gasteiger partial charge on any atom is -0.392 e. The van der Waals surface area contributed by atoms with Crippen molar-refractivity contribution in [2.24, 2.45) is 0 Å². The van der Waals surface area contributed by atoms with Crippen molar-refractivity contribution in [1.29, 1.82) is 0 Å². The molecular formula is C22H20N4O2. The zero-order valence-corrected chi connectivity index (χ0v) is 15.4. The lowest BCUT2D eigenvalue weighted by Crippen LogP contribution is -2.24. The molecule has 6 heteroatoms. The zero-order chi connectivity index (χ0) is 19.1. The SMILES string of the molecule is O=c1cc(-c2cn(Cc3ccc(CO)cc3)nn2)c2cccc3c2n1CCC3. The Morgan fingerprint density at radius 3 is 2.71 bits per heavy atom. The molecular weight excluding hydrogens is 352 g/mol. The molecule has 4 aromatic rings. The Morgan fingerprint density at radius 2 is 1.89 bits per heavy atom. The first-order valence-corrected chi connectivity index (χ1v) is 9.47. The second-order valence-corrected chi connectivity index (χ2v) is 7.24. The third-order valence-corrected chi connectivity index (χ3v) is 5.41. The van der Waals surface area contributed by atoms with E-state index in [1.807, 2.05) is 35.0 Å². The maximum absolute atomic E-state index is 12.7. The fraction of sp³-hybridized carbons (Fsp3) is 0.227. The van der Waals surface area contributed by atoms with Gasteiger partial charge in [-0.2, -0.15) is 0 Å². The van der Waals surface area contributed by atoms with E-state index in [-0.39, 0.29) is 12.2 Å². The fourth-order valence-corrected chi connectivity index (χ4v) is 4.02. The van der Waals surface area contributed by atoms with Crippen molar-refractivity contribution in [2.75, 3.05) is 0 Å². The summed E-state index contributed by atoms with van der Waals surface area (Å²) >= 11 is 0. The minimum atomic E-state index is 0.0174. The van der Waals surface area contributed by atoms with Crippen LogP contribution in [-0.2, 0) is 26.1 Å². The van der Waals surface area contributed by atoms with Crippen LogP contribution < -0.4 is 5.56 Å². The predicted octanol–water partition coefficient (Wildman–Crippen LogP) is 2.75. The highest BCUT2D eigenvalue weighted by molar-refractivity contribution is 5.95. The second kappa shape index (κ2) is 6.73. The van der Waals surface area contributed by atoms with Gasteiger partial charge in [0.1, 0.15) is 5.69 Å². The van der Waals surface area contributed by atoms with E-state index >= 15 is 0 Å². The number of hydrogen-bond acceptors (Lipinski definition) is 4. The molecule has 0 saturated heterocycles. The average Bonchev–Trinajstić information content (AvgIpc) is 3.19. The second-order valence-electron chi connectivity index (χ2n) is 7.24. The Morgan fingerprint density at radius 1 is 1.07 bits per heavy atom. The van der Waals surface area contributed by atoms with Crippen molar-refractivity contribution in [2.45, 2.75) is 32.5 Å². The normalized spacial score (nSPS) is 13.2. The van der Waals surface area contributed by atoms with Crippen LogP contribution >= 0.6 is 0 Å². The number of hydrogen-bond donors (Lipinski definition) is 1. The molecule has 3 heterocycles. The van der Waals surface area contributed by atoms with Gasteiger partial charge in [-0.1, -0.05) is 47.7 Å². The molecule has 0 amide bonds. The lowest BCUT2D eigenvalue weighted by Gasteiger charge is -2.20. The molecule has 28 heavy (non-hydrogen) atoms. The molecule has 1 aliphatic heterocycles. The number of benzene rings is 2. The van der Waals surface area contributed by atoms with E-state index in [2.05, 4.69) is 28.5 Å². The average molecular weight is 372 g/mol. The summed E-state index contributed by atoms with van der Waals surface area (Å²) in [6, 6.07) is 15.6. The van der Waals surface area contributed by atoms with Crippen LogP contribution in [0.15, 0.2) is 59.5 Å². The summed E-state index contributed by atoms with van der Waals surface area (Å²) in [6.45, 7) is 1.39. The largest absolute Gasteiger partial charge is 0.392 e. The highest BCUT2D eigenvalue weighted by atomic mass is 16.3. The molecule has 0 aliphatic carbocycles.